The summed E-state index contributed by atoms with van der Waals surface area (Å²) in [5.41, 5.74) is 10.5. The first-order chi connectivity index (χ1) is 7.52. The predicted octanol–water partition coefficient (Wildman–Crippen LogP) is 3.36. The first-order valence-corrected chi connectivity index (χ1v) is 6.36. The van der Waals surface area contributed by atoms with Gasteiger partial charge < -0.3 is 5.73 Å². The van der Waals surface area contributed by atoms with Crippen molar-refractivity contribution in [2.45, 2.75) is 51.4 Å². The summed E-state index contributed by atoms with van der Waals surface area (Å²) >= 11 is 0. The molecule has 0 amide bonds. The molecule has 1 unspecified atom stereocenters. The zero-order valence-corrected chi connectivity index (χ0v) is 10.7. The van der Waals surface area contributed by atoms with E-state index in [1.165, 1.54) is 18.4 Å². The number of rotatable bonds is 2. The second-order valence-corrected chi connectivity index (χ2v) is 5.98. The fourth-order valence-corrected chi connectivity index (χ4v) is 2.67. The highest BCUT2D eigenvalue weighted by Gasteiger charge is 2.23. The van der Waals surface area contributed by atoms with Crippen molar-refractivity contribution in [3.05, 3.63) is 34.9 Å². The van der Waals surface area contributed by atoms with E-state index in [2.05, 4.69) is 39.0 Å². The van der Waals surface area contributed by atoms with Crippen LogP contribution >= 0.6 is 0 Å². The van der Waals surface area contributed by atoms with E-state index in [1.54, 1.807) is 11.1 Å². The van der Waals surface area contributed by atoms with Crippen molar-refractivity contribution < 1.29 is 0 Å². The largest absolute Gasteiger partial charge is 0.330 e. The van der Waals surface area contributed by atoms with Gasteiger partial charge in [0.1, 0.15) is 0 Å². The second-order valence-electron chi connectivity index (χ2n) is 5.98. The van der Waals surface area contributed by atoms with E-state index in [0.29, 0.717) is 5.92 Å². The molecule has 16 heavy (non-hydrogen) atoms. The van der Waals surface area contributed by atoms with Gasteiger partial charge in [0, 0.05) is 0 Å². The van der Waals surface area contributed by atoms with E-state index in [1.807, 2.05) is 0 Å². The number of fused-ring (bicyclic) bond motifs is 1. The fraction of sp³-hybridized carbons (Fsp3) is 0.600. The minimum absolute atomic E-state index is 0.265. The molecule has 0 spiro atoms. The van der Waals surface area contributed by atoms with Crippen LogP contribution < -0.4 is 5.73 Å². The van der Waals surface area contributed by atoms with Crippen molar-refractivity contribution in [2.75, 3.05) is 6.54 Å². The summed E-state index contributed by atoms with van der Waals surface area (Å²) in [7, 11) is 0. The maximum atomic E-state index is 5.66. The number of nitrogens with two attached hydrogens (primary N) is 1. The normalized spacial score (nSPS) is 19.9. The van der Waals surface area contributed by atoms with Gasteiger partial charge in [-0.05, 0) is 53.8 Å². The van der Waals surface area contributed by atoms with Gasteiger partial charge in [-0.1, -0.05) is 39.0 Å². The first kappa shape index (κ1) is 11.7. The fourth-order valence-electron chi connectivity index (χ4n) is 2.67. The van der Waals surface area contributed by atoms with Crippen LogP contribution in [-0.2, 0) is 11.8 Å². The minimum Gasteiger partial charge on any atom is -0.330 e. The molecular weight excluding hydrogens is 194 g/mol. The summed E-state index contributed by atoms with van der Waals surface area (Å²) in [6.45, 7) is 7.65. The van der Waals surface area contributed by atoms with E-state index in [4.69, 9.17) is 5.73 Å². The Morgan fingerprint density at radius 3 is 2.69 bits per heavy atom. The van der Waals surface area contributed by atoms with Gasteiger partial charge in [0.15, 0.2) is 0 Å². The zero-order chi connectivity index (χ0) is 11.8. The van der Waals surface area contributed by atoms with Crippen molar-refractivity contribution in [1.29, 1.82) is 0 Å². The van der Waals surface area contributed by atoms with Crippen molar-refractivity contribution in [1.82, 2.24) is 0 Å². The molecule has 1 atom stereocenters. The maximum Gasteiger partial charge on any atom is -0.00714 e. The third-order valence-electron chi connectivity index (χ3n) is 3.73. The van der Waals surface area contributed by atoms with Crippen molar-refractivity contribution in [3.8, 4) is 0 Å². The Labute approximate surface area is 99.0 Å². The molecule has 0 aliphatic heterocycles. The van der Waals surface area contributed by atoms with E-state index >= 15 is 0 Å². The molecular formula is C15H23N. The van der Waals surface area contributed by atoms with Crippen LogP contribution in [0.1, 0.15) is 56.2 Å². The van der Waals surface area contributed by atoms with Gasteiger partial charge in [0.05, 0.1) is 0 Å². The molecule has 88 valence electrons. The van der Waals surface area contributed by atoms with E-state index in [0.717, 1.165) is 13.0 Å². The molecule has 0 fully saturated rings. The third kappa shape index (κ3) is 2.15. The van der Waals surface area contributed by atoms with Crippen LogP contribution in [0.3, 0.4) is 0 Å². The Hall–Kier alpha value is -0.820. The average Bonchev–Trinajstić information content (AvgIpc) is 2.60. The van der Waals surface area contributed by atoms with Crippen molar-refractivity contribution in [2.24, 2.45) is 5.73 Å². The topological polar surface area (TPSA) is 26.0 Å². The van der Waals surface area contributed by atoms with Crippen LogP contribution in [0, 0.1) is 0 Å². The molecule has 0 aromatic heterocycles. The lowest BCUT2D eigenvalue weighted by atomic mass is 9.85. The Balaban J connectivity index is 2.29. The SMILES string of the molecule is CC(C)(C)c1ccc2c(c1)CCC2CCN. The van der Waals surface area contributed by atoms with Gasteiger partial charge in [-0.2, -0.15) is 0 Å². The summed E-state index contributed by atoms with van der Waals surface area (Å²) < 4.78 is 0. The lowest BCUT2D eigenvalue weighted by molar-refractivity contribution is 0.589. The summed E-state index contributed by atoms with van der Waals surface area (Å²) in [5.74, 6) is 0.717. The lowest BCUT2D eigenvalue weighted by Crippen LogP contribution is -2.11. The van der Waals surface area contributed by atoms with Crippen LogP contribution in [0.5, 0.6) is 0 Å². The highest BCUT2D eigenvalue weighted by molar-refractivity contribution is 5.40. The molecule has 1 heteroatoms. The standard InChI is InChI=1S/C15H23N/c1-15(2,3)13-6-7-14-11(8-9-16)4-5-12(14)10-13/h6-7,10-11H,4-5,8-9,16H2,1-3H3. The van der Waals surface area contributed by atoms with Gasteiger partial charge in [0.2, 0.25) is 0 Å². The molecule has 0 saturated heterocycles. The summed E-state index contributed by atoms with van der Waals surface area (Å²) in [6, 6.07) is 7.04. The van der Waals surface area contributed by atoms with Crippen LogP contribution in [0.15, 0.2) is 18.2 Å². The number of hydrogen-bond donors (Lipinski definition) is 1. The second kappa shape index (κ2) is 4.21. The van der Waals surface area contributed by atoms with Gasteiger partial charge in [-0.15, -0.1) is 0 Å². The Morgan fingerprint density at radius 2 is 2.06 bits per heavy atom. The molecule has 1 aliphatic rings. The van der Waals surface area contributed by atoms with E-state index in [-0.39, 0.29) is 5.41 Å². The quantitative estimate of drug-likeness (QED) is 0.807. The van der Waals surface area contributed by atoms with E-state index in [9.17, 15) is 0 Å². The number of benzene rings is 1. The summed E-state index contributed by atoms with van der Waals surface area (Å²) in [6.07, 6.45) is 3.67. The first-order valence-electron chi connectivity index (χ1n) is 6.36. The lowest BCUT2D eigenvalue weighted by Gasteiger charge is -2.20. The van der Waals surface area contributed by atoms with E-state index < -0.39 is 0 Å². The third-order valence-corrected chi connectivity index (χ3v) is 3.73. The summed E-state index contributed by atoms with van der Waals surface area (Å²) in [5, 5.41) is 0. The van der Waals surface area contributed by atoms with Crippen LogP contribution in [0.2, 0.25) is 0 Å². The summed E-state index contributed by atoms with van der Waals surface area (Å²) in [4.78, 5) is 0. The minimum atomic E-state index is 0.265. The van der Waals surface area contributed by atoms with Crippen molar-refractivity contribution in [3.63, 3.8) is 0 Å². The monoisotopic (exact) mass is 217 g/mol. The van der Waals surface area contributed by atoms with Gasteiger partial charge in [-0.25, -0.2) is 0 Å². The molecule has 0 heterocycles. The molecule has 1 aliphatic carbocycles. The Bertz CT molecular complexity index is 374. The zero-order valence-electron chi connectivity index (χ0n) is 10.7. The smallest absolute Gasteiger partial charge is 0.00714 e. The molecule has 2 rings (SSSR count). The molecule has 0 radical (unpaired) electrons. The predicted molar refractivity (Wildman–Crippen MR) is 69.9 cm³/mol. The van der Waals surface area contributed by atoms with Gasteiger partial charge in [0.25, 0.3) is 0 Å². The highest BCUT2D eigenvalue weighted by Crippen LogP contribution is 2.37. The Morgan fingerprint density at radius 1 is 1.31 bits per heavy atom. The average molecular weight is 217 g/mol. The molecule has 2 N–H and O–H groups in total. The molecule has 0 saturated carbocycles. The number of aryl methyl sites for hydroxylation is 1. The molecule has 0 bridgehead atoms. The van der Waals surface area contributed by atoms with Crippen molar-refractivity contribution >= 4 is 0 Å². The highest BCUT2D eigenvalue weighted by atomic mass is 14.5. The molecule has 1 aromatic rings. The van der Waals surface area contributed by atoms with Crippen LogP contribution in [0.25, 0.3) is 0 Å². The maximum absolute atomic E-state index is 5.66. The van der Waals surface area contributed by atoms with Crippen LogP contribution in [0.4, 0.5) is 0 Å². The molecule has 1 nitrogen and oxygen atoms in total. The van der Waals surface area contributed by atoms with Gasteiger partial charge >= 0.3 is 0 Å². The Kier molecular flexibility index (Phi) is 3.07. The van der Waals surface area contributed by atoms with Crippen LogP contribution in [-0.4, -0.2) is 6.54 Å². The van der Waals surface area contributed by atoms with Gasteiger partial charge in [-0.3, -0.25) is 0 Å². The molecule has 1 aromatic carbocycles. The number of hydrogen-bond acceptors (Lipinski definition) is 1.